The molecule has 15 rings (SSSR count). The van der Waals surface area contributed by atoms with Gasteiger partial charge in [-0.25, -0.2) is 24.9 Å². The van der Waals surface area contributed by atoms with Gasteiger partial charge in [0.2, 0.25) is 15.5 Å². The van der Waals surface area contributed by atoms with Crippen molar-refractivity contribution in [2.45, 2.75) is 49.6 Å². The molecule has 37 heteroatoms. The summed E-state index contributed by atoms with van der Waals surface area (Å²) in [7, 11) is 1.91. The number of aryl methyl sites for hydroxylation is 1. The van der Waals surface area contributed by atoms with Crippen LogP contribution in [-0.2, 0) is 26.2 Å². The number of thioether (sulfide) groups is 4. The lowest BCUT2D eigenvalue weighted by molar-refractivity contribution is -0.385. The number of aromatic amines is 3. The first kappa shape index (κ1) is 78.4. The highest BCUT2D eigenvalue weighted by Gasteiger charge is 2.23. The summed E-state index contributed by atoms with van der Waals surface area (Å²) >= 11 is 6.50. The van der Waals surface area contributed by atoms with E-state index in [1.807, 2.05) is 103 Å². The van der Waals surface area contributed by atoms with Gasteiger partial charge in [0.25, 0.3) is 22.7 Å². The summed E-state index contributed by atoms with van der Waals surface area (Å²) in [5.74, 6) is 2.58. The second kappa shape index (κ2) is 35.4. The highest BCUT2D eigenvalue weighted by atomic mass is 32.2. The van der Waals surface area contributed by atoms with E-state index in [1.54, 1.807) is 30.2 Å². The minimum atomic E-state index is -0.449. The van der Waals surface area contributed by atoms with Gasteiger partial charge in [-0.2, -0.15) is 5.10 Å². The number of carbonyl (C=O) groups excluding carboxylic acids is 4. The maximum atomic E-state index is 11.5. The predicted molar refractivity (Wildman–Crippen MR) is 431 cm³/mol. The lowest BCUT2D eigenvalue weighted by Gasteiger charge is -2.07. The first-order valence-corrected chi connectivity index (χ1v) is 38.1. The number of hydrogen-bond donors (Lipinski definition) is 4. The Morgan fingerprint density at radius 1 is 0.446 bits per heavy atom. The lowest BCUT2D eigenvalue weighted by Crippen LogP contribution is -2.05. The van der Waals surface area contributed by atoms with Crippen molar-refractivity contribution in [2.75, 3.05) is 23.0 Å². The maximum Gasteiger partial charge on any atom is 0.270 e. The number of nitrogens with zero attached hydrogens (tertiary/aromatic N) is 16. The topological polar surface area (TPSA) is 454 Å². The third-order valence-electron chi connectivity index (χ3n) is 16.2. The van der Waals surface area contributed by atoms with Crippen molar-refractivity contribution in [1.82, 2.24) is 65.1 Å². The van der Waals surface area contributed by atoms with Crippen molar-refractivity contribution in [2.24, 2.45) is 17.3 Å². The number of phenols is 1. The Balaban J connectivity index is 0.000000139. The number of rotatable bonds is 23. The van der Waals surface area contributed by atoms with E-state index in [4.69, 9.17) is 0 Å². The molecule has 0 aliphatic carbocycles. The molecular weight excluding hydrogens is 1540 g/mol. The molecule has 0 saturated carbocycles. The summed E-state index contributed by atoms with van der Waals surface area (Å²) in [6.07, 6.45) is 3.88. The number of imidazole rings is 1. The van der Waals surface area contributed by atoms with E-state index in [-0.39, 0.29) is 68.9 Å². The summed E-state index contributed by atoms with van der Waals surface area (Å²) in [5.41, 5.74) is 13.9. The van der Waals surface area contributed by atoms with Gasteiger partial charge in [-0.15, -0.1) is 43.5 Å². The summed E-state index contributed by atoms with van der Waals surface area (Å²) < 4.78 is 2.96. The number of nitro groups is 4. The molecule has 112 heavy (non-hydrogen) atoms. The molecule has 6 aromatic heterocycles. The van der Waals surface area contributed by atoms with Crippen LogP contribution in [0.3, 0.4) is 0 Å². The van der Waals surface area contributed by atoms with Crippen LogP contribution in [0, 0.1) is 40.5 Å². The second-order valence-corrected chi connectivity index (χ2v) is 29.5. The van der Waals surface area contributed by atoms with Crippen LogP contribution in [0.5, 0.6) is 5.75 Å². The molecule has 14 aromatic rings. The summed E-state index contributed by atoms with van der Waals surface area (Å²) in [4.78, 5) is 114. The summed E-state index contributed by atoms with van der Waals surface area (Å²) in [5, 5.41) is 86.8. The zero-order chi connectivity index (χ0) is 79.3. The van der Waals surface area contributed by atoms with Crippen LogP contribution in [0.1, 0.15) is 39.7 Å². The van der Waals surface area contributed by atoms with Gasteiger partial charge in [-0.05, 0) is 151 Å². The van der Waals surface area contributed by atoms with E-state index in [9.17, 15) is 64.7 Å². The van der Waals surface area contributed by atoms with Gasteiger partial charge < -0.3 is 9.67 Å². The number of carbonyl (C=O) groups is 4. The van der Waals surface area contributed by atoms with Gasteiger partial charge in [-0.3, -0.25) is 79.9 Å². The van der Waals surface area contributed by atoms with Crippen molar-refractivity contribution in [1.29, 1.82) is 0 Å². The second-order valence-electron chi connectivity index (χ2n) is 24.7. The Labute approximate surface area is 654 Å². The molecule has 4 N–H and O–H groups in total. The Kier molecular flexibility index (Phi) is 24.8. The zero-order valence-electron chi connectivity index (χ0n) is 59.4. The third kappa shape index (κ3) is 20.2. The molecule has 8 aromatic carbocycles. The number of nitro benzene ring substituents is 4. The van der Waals surface area contributed by atoms with E-state index in [1.165, 1.54) is 147 Å². The minimum absolute atomic E-state index is 0.0175. The molecule has 0 amide bonds. The molecule has 0 unspecified atom stereocenters. The molecule has 0 spiro atoms. The van der Waals surface area contributed by atoms with Crippen LogP contribution >= 0.6 is 58.4 Å². The SMILES string of the molecule is CC(=O)CSC1=NN=C(c2cc(-c3ccc(O)cc3)cc([N+](=O)[O-])c2)C1.CC(=O)CSc1n[nH]c(-c2cc(-c3ccc4c(c3)ncn4C)cc([N+](=O)[O-])c2)n1.CC(=O)CSc1n[nH]c(-c2cc(-c3ccc4ncccc4c3)cc([N+](=O)[O-])c2)n1.CC(=O)CSc1n[nH]c(-c2cc(-c3ccc4scnc4c3)cc([N+](=O)[O-])c2)n1. The molecule has 0 fully saturated rings. The van der Waals surface area contributed by atoms with Gasteiger partial charge in [0.05, 0.1) is 87.0 Å². The number of thiazole rings is 1. The number of ketones is 4. The average Bonchev–Trinajstić information content (AvgIpc) is 1.41. The molecule has 0 radical (unpaired) electrons. The standard InChI is InChI=1S/C20H15N5O3S.C19H16N6O3S.C18H13N5O3S2.C18H15N3O4S/c1-12(26)11-29-20-22-19(23-24-20)16-8-15(9-17(10-16)25(27)28)13-4-5-18-14(7-13)3-2-6-21-18;1-11(26)9-29-19-21-18(22-23-19)14-5-13(6-15(7-14)25(27)28)12-3-4-17-16(8-12)20-10-24(17)2;1-10(24)8-27-18-20-17(21-22-18)13-4-12(5-14(6-13)23(25)26)11-2-3-16-15(7-11)19-9-28-16;1-11(22)10-26-18-9-17(19-20-18)14-6-13(7-15(8-14)21(24)25)12-2-4-16(23)5-3-12/h2-10H,11H2,1H3,(H,22,23,24);3-8,10H,9H2,1-2H3,(H,21,22,23);2-7,9H,8H2,1H3,(H,20,21,22);2-8,23H,9-10H2,1H3. The fourth-order valence-corrected chi connectivity index (χ4v) is 14.1. The summed E-state index contributed by atoms with van der Waals surface area (Å²) in [6, 6.07) is 46.6. The van der Waals surface area contributed by atoms with Crippen LogP contribution in [0.2, 0.25) is 0 Å². The number of aromatic hydroxyl groups is 1. The molecule has 1 aliphatic heterocycles. The number of nitrogens with one attached hydrogen (secondary N) is 3. The number of phenolic OH excluding ortho intramolecular Hbond substituents is 1. The number of fused-ring (bicyclic) bond motifs is 3. The minimum Gasteiger partial charge on any atom is -0.508 e. The predicted octanol–water partition coefficient (Wildman–Crippen LogP) is 16.0. The van der Waals surface area contributed by atoms with Crippen molar-refractivity contribution in [3.63, 3.8) is 0 Å². The van der Waals surface area contributed by atoms with Gasteiger partial charge >= 0.3 is 0 Å². The van der Waals surface area contributed by atoms with Crippen molar-refractivity contribution in [3.8, 4) is 84.4 Å². The molecule has 1 aliphatic rings. The molecule has 0 bridgehead atoms. The van der Waals surface area contributed by atoms with Gasteiger partial charge in [0.1, 0.15) is 33.9 Å². The number of benzene rings is 8. The normalized spacial score (nSPS) is 11.5. The number of non-ortho nitro benzene ring substituents is 4. The monoisotopic (exact) mass is 1590 g/mol. The van der Waals surface area contributed by atoms with Crippen molar-refractivity contribution >= 4 is 147 Å². The quantitative estimate of drug-likeness (QED) is 0.0262. The van der Waals surface area contributed by atoms with Crippen LogP contribution in [0.25, 0.3) is 111 Å². The fourth-order valence-electron chi connectivity index (χ4n) is 10.9. The van der Waals surface area contributed by atoms with E-state index in [0.29, 0.717) is 100 Å². The first-order valence-electron chi connectivity index (χ1n) is 33.3. The highest BCUT2D eigenvalue weighted by Crippen LogP contribution is 2.38. The van der Waals surface area contributed by atoms with E-state index >= 15 is 0 Å². The molecular formula is C75H59N19O13S5. The molecule has 7 heterocycles. The Bertz CT molecular complexity index is 6080. The first-order chi connectivity index (χ1) is 53.8. The van der Waals surface area contributed by atoms with Crippen LogP contribution in [0.4, 0.5) is 22.7 Å². The van der Waals surface area contributed by atoms with Gasteiger partial charge in [-0.1, -0.05) is 71.7 Å². The molecule has 0 saturated heterocycles. The number of pyridine rings is 1. The Hall–Kier alpha value is -13.2. The lowest BCUT2D eigenvalue weighted by atomic mass is 9.99. The number of H-pyrrole nitrogens is 3. The largest absolute Gasteiger partial charge is 0.508 e. The van der Waals surface area contributed by atoms with Crippen molar-refractivity contribution in [3.05, 3.63) is 228 Å². The van der Waals surface area contributed by atoms with E-state index in [0.717, 1.165) is 54.4 Å². The molecule has 562 valence electrons. The Morgan fingerprint density at radius 3 is 1.36 bits per heavy atom. The van der Waals surface area contributed by atoms with Gasteiger partial charge in [0.15, 0.2) is 17.5 Å². The third-order valence-corrected chi connectivity index (χ3v) is 21.1. The average molecular weight is 1590 g/mol. The molecule has 32 nitrogen and oxygen atoms in total. The van der Waals surface area contributed by atoms with Gasteiger partial charge in [0, 0.05) is 95.8 Å². The van der Waals surface area contributed by atoms with Crippen LogP contribution < -0.4 is 0 Å². The fraction of sp³-hybridized carbons (Fsp3) is 0.133. The number of hydrogen-bond acceptors (Lipinski definition) is 29. The smallest absolute Gasteiger partial charge is 0.270 e. The maximum absolute atomic E-state index is 11.5. The molecule has 0 atom stereocenters. The van der Waals surface area contributed by atoms with Crippen LogP contribution in [-0.4, -0.2) is 147 Å². The summed E-state index contributed by atoms with van der Waals surface area (Å²) in [6.45, 7) is 5.99. The zero-order valence-corrected chi connectivity index (χ0v) is 63.5. The number of aromatic nitrogens is 13. The Morgan fingerprint density at radius 2 is 0.866 bits per heavy atom. The van der Waals surface area contributed by atoms with E-state index in [2.05, 4.69) is 70.7 Å². The highest BCUT2D eigenvalue weighted by molar-refractivity contribution is 8.14. The van der Waals surface area contributed by atoms with E-state index < -0.39 is 19.7 Å². The van der Waals surface area contributed by atoms with Crippen LogP contribution in [0.15, 0.2) is 207 Å². The number of Topliss-reactive ketones (excluding diaryl/α,β-unsaturated/α-hetero) is 4. The van der Waals surface area contributed by atoms with Crippen molar-refractivity contribution < 1.29 is 44.0 Å².